The molecular weight excluding hydrogens is 226 g/mol. The largest absolute Gasteiger partial charge is 0.494 e. The number of aromatic nitrogens is 1. The number of hydrogen-bond acceptors (Lipinski definition) is 4. The zero-order valence-corrected chi connectivity index (χ0v) is 10.0. The van der Waals surface area contributed by atoms with E-state index in [0.717, 1.165) is 0 Å². The first-order chi connectivity index (χ1) is 7.56. The van der Waals surface area contributed by atoms with Crippen LogP contribution in [0.4, 0.5) is 5.82 Å². The molecule has 0 fully saturated rings. The number of nitrogens with zero attached hydrogens (tertiary/aromatic N) is 1. The number of methoxy groups -OCH3 is 1. The molecule has 0 amide bonds. The summed E-state index contributed by atoms with van der Waals surface area (Å²) in [5.74, 6) is 6.52. The second-order valence-electron chi connectivity index (χ2n) is 3.39. The van der Waals surface area contributed by atoms with Gasteiger partial charge in [-0.3, -0.25) is 0 Å². The van der Waals surface area contributed by atoms with Crippen LogP contribution < -0.4 is 16.2 Å². The maximum absolute atomic E-state index is 5.94. The molecule has 0 saturated carbocycles. The third-order valence-electron chi connectivity index (χ3n) is 1.85. The van der Waals surface area contributed by atoms with Gasteiger partial charge in [-0.15, -0.1) is 0 Å². The number of pyridine rings is 1. The van der Waals surface area contributed by atoms with Gasteiger partial charge in [-0.05, 0) is 6.92 Å². The maximum Gasteiger partial charge on any atom is 0.158 e. The number of nitrogens with two attached hydrogens (primary N) is 2. The summed E-state index contributed by atoms with van der Waals surface area (Å²) in [6.07, 6.45) is 2.14. The molecule has 0 aliphatic rings. The average Bonchev–Trinajstić information content (AvgIpc) is 2.23. The summed E-state index contributed by atoms with van der Waals surface area (Å²) < 4.78 is 5.13. The van der Waals surface area contributed by atoms with E-state index in [4.69, 9.17) is 27.8 Å². The highest BCUT2D eigenvalue weighted by Crippen LogP contribution is 2.31. The molecule has 0 aromatic carbocycles. The Kier molecular flexibility index (Phi) is 4.41. The number of nitrogen functional groups attached to an aromatic ring is 1. The van der Waals surface area contributed by atoms with Gasteiger partial charge in [0.15, 0.2) is 5.75 Å². The second kappa shape index (κ2) is 5.59. The van der Waals surface area contributed by atoms with Crippen molar-refractivity contribution in [3.05, 3.63) is 16.8 Å². The van der Waals surface area contributed by atoms with Crippen LogP contribution in [0, 0.1) is 11.8 Å². The summed E-state index contributed by atoms with van der Waals surface area (Å²) in [4.78, 5) is 3.92. The van der Waals surface area contributed by atoms with Crippen LogP contribution in [0.15, 0.2) is 6.20 Å². The van der Waals surface area contributed by atoms with Crippen molar-refractivity contribution in [1.82, 2.24) is 4.98 Å². The van der Waals surface area contributed by atoms with E-state index >= 15 is 0 Å². The molecule has 0 aliphatic heterocycles. The molecule has 0 spiro atoms. The minimum absolute atomic E-state index is 0.0377. The summed E-state index contributed by atoms with van der Waals surface area (Å²) in [5, 5.41) is 0.287. The van der Waals surface area contributed by atoms with Gasteiger partial charge in [-0.1, -0.05) is 23.4 Å². The highest BCUT2D eigenvalue weighted by molar-refractivity contribution is 6.34. The van der Waals surface area contributed by atoms with Crippen LogP contribution in [0.1, 0.15) is 18.9 Å². The van der Waals surface area contributed by atoms with Gasteiger partial charge >= 0.3 is 0 Å². The van der Waals surface area contributed by atoms with Crippen LogP contribution in [-0.2, 0) is 0 Å². The van der Waals surface area contributed by atoms with Crippen molar-refractivity contribution >= 4 is 17.4 Å². The van der Waals surface area contributed by atoms with Crippen LogP contribution in [0.25, 0.3) is 0 Å². The Hall–Kier alpha value is -1.44. The number of hydrogen-bond donors (Lipinski definition) is 2. The van der Waals surface area contributed by atoms with E-state index in [2.05, 4.69) is 16.8 Å². The smallest absolute Gasteiger partial charge is 0.158 e. The van der Waals surface area contributed by atoms with Gasteiger partial charge in [0, 0.05) is 18.7 Å². The van der Waals surface area contributed by atoms with Gasteiger partial charge in [-0.25, -0.2) is 4.98 Å². The molecule has 1 rings (SSSR count). The van der Waals surface area contributed by atoms with E-state index in [0.29, 0.717) is 17.7 Å². The Morgan fingerprint density at radius 3 is 2.88 bits per heavy atom. The summed E-state index contributed by atoms with van der Waals surface area (Å²) >= 11 is 5.94. The Morgan fingerprint density at radius 2 is 2.31 bits per heavy atom. The molecule has 0 unspecified atom stereocenters. The van der Waals surface area contributed by atoms with Crippen LogP contribution in [0.2, 0.25) is 5.02 Å². The third-order valence-corrected chi connectivity index (χ3v) is 2.22. The third kappa shape index (κ3) is 3.02. The lowest BCUT2D eigenvalue weighted by molar-refractivity contribution is 0.413. The first-order valence-electron chi connectivity index (χ1n) is 4.78. The molecule has 0 aliphatic carbocycles. The zero-order chi connectivity index (χ0) is 12.1. The van der Waals surface area contributed by atoms with E-state index in [9.17, 15) is 0 Å². The predicted octanol–water partition coefficient (Wildman–Crippen LogP) is 1.41. The molecule has 5 heteroatoms. The highest BCUT2D eigenvalue weighted by Gasteiger charge is 2.10. The lowest BCUT2D eigenvalue weighted by Gasteiger charge is -2.06. The van der Waals surface area contributed by atoms with E-state index in [1.54, 1.807) is 0 Å². The predicted molar refractivity (Wildman–Crippen MR) is 65.4 cm³/mol. The lowest BCUT2D eigenvalue weighted by atomic mass is 10.2. The van der Waals surface area contributed by atoms with E-state index in [1.807, 2.05) is 6.92 Å². The molecule has 16 heavy (non-hydrogen) atoms. The normalized spacial score (nSPS) is 11.5. The van der Waals surface area contributed by atoms with Gasteiger partial charge in [0.05, 0.1) is 12.7 Å². The minimum Gasteiger partial charge on any atom is -0.494 e. The van der Waals surface area contributed by atoms with Crippen LogP contribution in [0.3, 0.4) is 0 Å². The Morgan fingerprint density at radius 1 is 1.62 bits per heavy atom. The van der Waals surface area contributed by atoms with Gasteiger partial charge in [0.25, 0.3) is 0 Å². The molecule has 0 saturated heterocycles. The summed E-state index contributed by atoms with van der Waals surface area (Å²) in [7, 11) is 1.51. The van der Waals surface area contributed by atoms with Crippen molar-refractivity contribution in [1.29, 1.82) is 0 Å². The monoisotopic (exact) mass is 239 g/mol. The van der Waals surface area contributed by atoms with Gasteiger partial charge < -0.3 is 16.2 Å². The van der Waals surface area contributed by atoms with Crippen molar-refractivity contribution in [2.45, 2.75) is 19.4 Å². The van der Waals surface area contributed by atoms with Crippen molar-refractivity contribution in [3.63, 3.8) is 0 Å². The molecule has 4 N–H and O–H groups in total. The molecule has 86 valence electrons. The fourth-order valence-electron chi connectivity index (χ4n) is 1.08. The Labute approximate surface area is 99.9 Å². The molecule has 1 heterocycles. The summed E-state index contributed by atoms with van der Waals surface area (Å²) in [6, 6.07) is 0.0377. The van der Waals surface area contributed by atoms with E-state index in [-0.39, 0.29) is 16.9 Å². The Bertz CT molecular complexity index is 435. The molecule has 0 radical (unpaired) electrons. The minimum atomic E-state index is 0.0377. The fraction of sp³-hybridized carbons (Fsp3) is 0.364. The number of rotatable bonds is 2. The summed E-state index contributed by atoms with van der Waals surface area (Å²) in [5.41, 5.74) is 11.7. The van der Waals surface area contributed by atoms with Crippen LogP contribution in [-0.4, -0.2) is 18.1 Å². The van der Waals surface area contributed by atoms with E-state index in [1.165, 1.54) is 13.3 Å². The second-order valence-corrected chi connectivity index (χ2v) is 3.77. The standard InChI is InChI=1S/C11H14ClN3O/c1-7(13)4-3-5-8-6-15-11(14)9(12)10(8)16-2/h6-7H,4,13H2,1-2H3,(H2,14,15)/t7-/m0/s1. The molecule has 1 atom stereocenters. The molecule has 0 bridgehead atoms. The SMILES string of the molecule is COc1c(C#CC[C@H](C)N)cnc(N)c1Cl. The van der Waals surface area contributed by atoms with Crippen LogP contribution >= 0.6 is 11.6 Å². The Balaban J connectivity index is 3.03. The van der Waals surface area contributed by atoms with E-state index < -0.39 is 0 Å². The van der Waals surface area contributed by atoms with Gasteiger partial charge in [-0.2, -0.15) is 0 Å². The molecule has 1 aromatic rings. The van der Waals surface area contributed by atoms with Gasteiger partial charge in [0.2, 0.25) is 0 Å². The number of ether oxygens (including phenoxy) is 1. The number of halogens is 1. The average molecular weight is 240 g/mol. The van der Waals surface area contributed by atoms with Crippen LogP contribution in [0.5, 0.6) is 5.75 Å². The van der Waals surface area contributed by atoms with Crippen molar-refractivity contribution < 1.29 is 4.74 Å². The lowest BCUT2D eigenvalue weighted by Crippen LogP contribution is -2.12. The maximum atomic E-state index is 5.94. The van der Waals surface area contributed by atoms with Crippen molar-refractivity contribution in [3.8, 4) is 17.6 Å². The quantitative estimate of drug-likeness (QED) is 0.766. The first kappa shape index (κ1) is 12.6. The molecular formula is C11H14ClN3O. The van der Waals surface area contributed by atoms with Gasteiger partial charge in [0.1, 0.15) is 10.8 Å². The van der Waals surface area contributed by atoms with Crippen molar-refractivity contribution in [2.24, 2.45) is 5.73 Å². The van der Waals surface area contributed by atoms with Crippen molar-refractivity contribution in [2.75, 3.05) is 12.8 Å². The molecule has 1 aromatic heterocycles. The fourth-order valence-corrected chi connectivity index (χ4v) is 1.31. The highest BCUT2D eigenvalue weighted by atomic mass is 35.5. The zero-order valence-electron chi connectivity index (χ0n) is 9.25. The first-order valence-corrected chi connectivity index (χ1v) is 5.16. The molecule has 4 nitrogen and oxygen atoms in total. The number of anilines is 1. The summed E-state index contributed by atoms with van der Waals surface area (Å²) in [6.45, 7) is 1.89. The topological polar surface area (TPSA) is 74.2 Å².